The van der Waals surface area contributed by atoms with Crippen LogP contribution in [0.25, 0.3) is 6.08 Å². The van der Waals surface area contributed by atoms with E-state index >= 15 is 0 Å². The second-order valence-corrected chi connectivity index (χ2v) is 5.03. The van der Waals surface area contributed by atoms with Crippen molar-refractivity contribution in [1.82, 2.24) is 0 Å². The molecule has 0 aliphatic carbocycles. The van der Waals surface area contributed by atoms with Gasteiger partial charge in [0, 0.05) is 11.3 Å². The Labute approximate surface area is 140 Å². The number of rotatable bonds is 5. The lowest BCUT2D eigenvalue weighted by atomic mass is 10.1. The number of methoxy groups -OCH3 is 1. The van der Waals surface area contributed by atoms with Crippen LogP contribution in [0.5, 0.6) is 5.75 Å². The van der Waals surface area contributed by atoms with Crippen LogP contribution in [-0.4, -0.2) is 18.8 Å². The molecule has 24 heavy (non-hydrogen) atoms. The van der Waals surface area contributed by atoms with Gasteiger partial charge in [-0.2, -0.15) is 5.26 Å². The van der Waals surface area contributed by atoms with Crippen molar-refractivity contribution in [2.75, 3.05) is 12.4 Å². The highest BCUT2D eigenvalue weighted by Crippen LogP contribution is 2.15. The van der Waals surface area contributed by atoms with Gasteiger partial charge in [0.1, 0.15) is 17.4 Å². The number of amides is 1. The van der Waals surface area contributed by atoms with Gasteiger partial charge in [0.2, 0.25) is 0 Å². The van der Waals surface area contributed by atoms with E-state index in [1.54, 1.807) is 55.6 Å². The molecule has 5 heteroatoms. The number of ketones is 1. The summed E-state index contributed by atoms with van der Waals surface area (Å²) < 4.78 is 5.06. The minimum Gasteiger partial charge on any atom is -0.497 e. The summed E-state index contributed by atoms with van der Waals surface area (Å²) in [6, 6.07) is 15.4. The largest absolute Gasteiger partial charge is 0.497 e. The molecule has 0 heterocycles. The molecular weight excluding hydrogens is 304 g/mol. The monoisotopic (exact) mass is 320 g/mol. The number of nitrogens with zero attached hydrogens (tertiary/aromatic N) is 1. The smallest absolute Gasteiger partial charge is 0.266 e. The Morgan fingerprint density at radius 2 is 1.71 bits per heavy atom. The van der Waals surface area contributed by atoms with Crippen LogP contribution in [0.3, 0.4) is 0 Å². The van der Waals surface area contributed by atoms with Gasteiger partial charge in [-0.05, 0) is 55.0 Å². The standard InChI is InChI=1S/C19H16N2O3/c1-13(22)15-5-7-17(8-6-15)21-19(23)16(12-20)11-14-3-9-18(24-2)10-4-14/h3-11H,1-2H3,(H,21,23)/b16-11+. The Balaban J connectivity index is 2.14. The van der Waals surface area contributed by atoms with Crippen molar-refractivity contribution in [2.45, 2.75) is 6.92 Å². The third-order valence-corrected chi connectivity index (χ3v) is 3.34. The van der Waals surface area contributed by atoms with Gasteiger partial charge in [-0.1, -0.05) is 12.1 Å². The van der Waals surface area contributed by atoms with E-state index in [0.717, 1.165) is 5.56 Å². The van der Waals surface area contributed by atoms with Gasteiger partial charge in [0.25, 0.3) is 5.91 Å². The number of hydrogen-bond donors (Lipinski definition) is 1. The van der Waals surface area contributed by atoms with Crippen molar-refractivity contribution in [3.63, 3.8) is 0 Å². The fourth-order valence-electron chi connectivity index (χ4n) is 2.00. The lowest BCUT2D eigenvalue weighted by Gasteiger charge is -2.05. The van der Waals surface area contributed by atoms with Crippen LogP contribution in [0.1, 0.15) is 22.8 Å². The predicted molar refractivity (Wildman–Crippen MR) is 91.7 cm³/mol. The first-order chi connectivity index (χ1) is 11.5. The highest BCUT2D eigenvalue weighted by molar-refractivity contribution is 6.09. The molecule has 0 aromatic heterocycles. The SMILES string of the molecule is COc1ccc(/C=C(\C#N)C(=O)Nc2ccc(C(C)=O)cc2)cc1. The number of anilines is 1. The normalized spacial score (nSPS) is 10.6. The average Bonchev–Trinajstić information content (AvgIpc) is 2.60. The zero-order chi connectivity index (χ0) is 17.5. The maximum Gasteiger partial charge on any atom is 0.266 e. The van der Waals surface area contributed by atoms with E-state index < -0.39 is 5.91 Å². The molecule has 0 bridgehead atoms. The highest BCUT2D eigenvalue weighted by Gasteiger charge is 2.10. The zero-order valence-corrected chi connectivity index (χ0v) is 13.4. The lowest BCUT2D eigenvalue weighted by molar-refractivity contribution is -0.112. The number of hydrogen-bond acceptors (Lipinski definition) is 4. The van der Waals surface area contributed by atoms with Gasteiger partial charge >= 0.3 is 0 Å². The highest BCUT2D eigenvalue weighted by atomic mass is 16.5. The molecule has 120 valence electrons. The summed E-state index contributed by atoms with van der Waals surface area (Å²) in [5.41, 5.74) is 1.77. The molecule has 1 N–H and O–H groups in total. The molecule has 0 saturated carbocycles. The molecule has 0 radical (unpaired) electrons. The number of carbonyl (C=O) groups is 2. The molecule has 0 saturated heterocycles. The van der Waals surface area contributed by atoms with E-state index in [0.29, 0.717) is 17.0 Å². The number of benzene rings is 2. The van der Waals surface area contributed by atoms with E-state index in [9.17, 15) is 14.9 Å². The fraction of sp³-hybridized carbons (Fsp3) is 0.105. The maximum atomic E-state index is 12.2. The summed E-state index contributed by atoms with van der Waals surface area (Å²) in [4.78, 5) is 23.4. The van der Waals surface area contributed by atoms with Gasteiger partial charge in [-0.3, -0.25) is 9.59 Å². The van der Waals surface area contributed by atoms with Crippen molar-refractivity contribution >= 4 is 23.5 Å². The molecule has 0 atom stereocenters. The number of carbonyl (C=O) groups excluding carboxylic acids is 2. The molecule has 2 rings (SSSR count). The van der Waals surface area contributed by atoms with E-state index in [1.807, 2.05) is 6.07 Å². The van der Waals surface area contributed by atoms with Crippen LogP contribution in [0, 0.1) is 11.3 Å². The van der Waals surface area contributed by atoms with E-state index in [-0.39, 0.29) is 11.4 Å². The van der Waals surface area contributed by atoms with Gasteiger partial charge in [0.05, 0.1) is 7.11 Å². The minimum atomic E-state index is -0.510. The Morgan fingerprint density at radius 1 is 1.08 bits per heavy atom. The van der Waals surface area contributed by atoms with Crippen LogP contribution in [-0.2, 0) is 4.79 Å². The van der Waals surface area contributed by atoms with Crippen LogP contribution < -0.4 is 10.1 Å². The third kappa shape index (κ3) is 4.31. The molecule has 5 nitrogen and oxygen atoms in total. The Hall–Kier alpha value is -3.39. The van der Waals surface area contributed by atoms with Crippen LogP contribution >= 0.6 is 0 Å². The molecule has 1 amide bonds. The molecule has 2 aromatic rings. The first-order valence-electron chi connectivity index (χ1n) is 7.21. The summed E-state index contributed by atoms with van der Waals surface area (Å²) in [5, 5.41) is 11.8. The van der Waals surface area contributed by atoms with E-state index in [4.69, 9.17) is 4.74 Å². The van der Waals surface area contributed by atoms with E-state index in [2.05, 4.69) is 5.32 Å². The van der Waals surface area contributed by atoms with Crippen molar-refractivity contribution in [2.24, 2.45) is 0 Å². The van der Waals surface area contributed by atoms with Crippen LogP contribution in [0.4, 0.5) is 5.69 Å². The fourth-order valence-corrected chi connectivity index (χ4v) is 2.00. The van der Waals surface area contributed by atoms with Crippen molar-refractivity contribution in [3.05, 3.63) is 65.2 Å². The molecule has 0 fully saturated rings. The van der Waals surface area contributed by atoms with E-state index in [1.165, 1.54) is 13.0 Å². The minimum absolute atomic E-state index is 0.0178. The lowest BCUT2D eigenvalue weighted by Crippen LogP contribution is -2.13. The molecule has 0 aliphatic heterocycles. The topological polar surface area (TPSA) is 79.2 Å². The predicted octanol–water partition coefficient (Wildman–Crippen LogP) is 3.44. The quantitative estimate of drug-likeness (QED) is 0.520. The molecule has 0 spiro atoms. The second kappa shape index (κ2) is 7.75. The van der Waals surface area contributed by atoms with Gasteiger partial charge in [0.15, 0.2) is 5.78 Å². The molecule has 0 aliphatic rings. The number of Topliss-reactive ketones (excluding diaryl/α,β-unsaturated/α-hetero) is 1. The van der Waals surface area contributed by atoms with Crippen molar-refractivity contribution in [1.29, 1.82) is 5.26 Å². The van der Waals surface area contributed by atoms with Crippen molar-refractivity contribution < 1.29 is 14.3 Å². The number of nitrogens with one attached hydrogen (secondary N) is 1. The molecule has 2 aromatic carbocycles. The Morgan fingerprint density at radius 3 is 2.21 bits per heavy atom. The zero-order valence-electron chi connectivity index (χ0n) is 13.4. The second-order valence-electron chi connectivity index (χ2n) is 5.03. The van der Waals surface area contributed by atoms with Gasteiger partial charge in [-0.25, -0.2) is 0 Å². The van der Waals surface area contributed by atoms with Crippen molar-refractivity contribution in [3.8, 4) is 11.8 Å². The Kier molecular flexibility index (Phi) is 5.48. The van der Waals surface area contributed by atoms with Gasteiger partial charge < -0.3 is 10.1 Å². The summed E-state index contributed by atoms with van der Waals surface area (Å²) in [5.74, 6) is 0.134. The summed E-state index contributed by atoms with van der Waals surface area (Å²) in [6.45, 7) is 1.47. The average molecular weight is 320 g/mol. The maximum absolute atomic E-state index is 12.2. The summed E-state index contributed by atoms with van der Waals surface area (Å²) in [6.07, 6.45) is 1.50. The Bertz CT molecular complexity index is 813. The number of ether oxygens (including phenoxy) is 1. The first-order valence-corrected chi connectivity index (χ1v) is 7.21. The van der Waals surface area contributed by atoms with Crippen LogP contribution in [0.15, 0.2) is 54.1 Å². The molecule has 0 unspecified atom stereocenters. The van der Waals surface area contributed by atoms with Crippen LogP contribution in [0.2, 0.25) is 0 Å². The first kappa shape index (κ1) is 17.0. The summed E-state index contributed by atoms with van der Waals surface area (Å²) in [7, 11) is 1.57. The third-order valence-electron chi connectivity index (χ3n) is 3.34. The number of nitriles is 1. The summed E-state index contributed by atoms with van der Waals surface area (Å²) >= 11 is 0. The molecular formula is C19H16N2O3. The van der Waals surface area contributed by atoms with Gasteiger partial charge in [-0.15, -0.1) is 0 Å².